The summed E-state index contributed by atoms with van der Waals surface area (Å²) in [4.78, 5) is 51.6. The molecule has 6 rings (SSSR count). The van der Waals surface area contributed by atoms with E-state index in [0.717, 1.165) is 60.6 Å². The van der Waals surface area contributed by atoms with Gasteiger partial charge in [-0.05, 0) is 42.7 Å². The third kappa shape index (κ3) is 5.62. The van der Waals surface area contributed by atoms with Crippen molar-refractivity contribution in [3.63, 3.8) is 0 Å². The predicted molar refractivity (Wildman–Crippen MR) is 158 cm³/mol. The molecule has 0 bridgehead atoms. The van der Waals surface area contributed by atoms with E-state index in [9.17, 15) is 14.4 Å². The van der Waals surface area contributed by atoms with Gasteiger partial charge in [0.15, 0.2) is 11.6 Å². The molecule has 0 aromatic carbocycles. The summed E-state index contributed by atoms with van der Waals surface area (Å²) in [5.41, 5.74) is 3.46. The fourth-order valence-electron chi connectivity index (χ4n) is 6.00. The average molecular weight is 590 g/mol. The number of hydrogen-bond donors (Lipinski definition) is 2. The highest BCUT2D eigenvalue weighted by Crippen LogP contribution is 2.40. The van der Waals surface area contributed by atoms with Crippen molar-refractivity contribution in [2.45, 2.75) is 25.4 Å². The van der Waals surface area contributed by atoms with Crippen LogP contribution >= 0.6 is 0 Å². The number of carbonyl (C=O) groups excluding carboxylic acids is 3. The molecule has 3 fully saturated rings. The van der Waals surface area contributed by atoms with Gasteiger partial charge < -0.3 is 24.6 Å². The van der Waals surface area contributed by atoms with E-state index in [-0.39, 0.29) is 23.9 Å². The van der Waals surface area contributed by atoms with Crippen LogP contribution in [0.1, 0.15) is 17.5 Å². The molecule has 0 unspecified atom stereocenters. The van der Waals surface area contributed by atoms with Crippen LogP contribution in [-0.4, -0.2) is 112 Å². The topological polar surface area (TPSA) is 147 Å². The molecule has 0 aliphatic carbocycles. The van der Waals surface area contributed by atoms with Gasteiger partial charge >= 0.3 is 6.09 Å². The van der Waals surface area contributed by atoms with Crippen molar-refractivity contribution < 1.29 is 23.9 Å². The number of anilines is 2. The number of morpholine rings is 1. The van der Waals surface area contributed by atoms with Crippen LogP contribution in [0.4, 0.5) is 16.4 Å². The Morgan fingerprint density at radius 1 is 1.19 bits per heavy atom. The Kier molecular flexibility index (Phi) is 7.71. The molecule has 6 heterocycles. The molecule has 1 spiro atoms. The summed E-state index contributed by atoms with van der Waals surface area (Å²) in [6, 6.07) is 3.89. The molecular formula is C29H35N9O5. The van der Waals surface area contributed by atoms with Crippen LogP contribution in [0.15, 0.2) is 37.2 Å². The number of aromatic nitrogens is 4. The fourth-order valence-corrected chi connectivity index (χ4v) is 6.00. The standard InChI is InChI=1S/C29H35N9O5/c1-4-24(39)31-14-25(40)37-6-5-29(37)17-35(18-29)15-20-12-22-27(36-7-9-43-10-8-36)33-26(34-38(22)16-20)21-13-30-23(11-19(21)2)32-28(41)42-3/h4,11-13,16H,1,5-10,14-15,17-18H2,2-3H3,(H,31,39)(H,30,32,41). The van der Waals surface area contributed by atoms with Gasteiger partial charge in [0.25, 0.3) is 0 Å². The van der Waals surface area contributed by atoms with Crippen molar-refractivity contribution >= 4 is 35.1 Å². The Morgan fingerprint density at radius 3 is 2.65 bits per heavy atom. The lowest BCUT2D eigenvalue weighted by Crippen LogP contribution is -2.78. The number of likely N-dealkylation sites (tertiary alicyclic amines) is 2. The van der Waals surface area contributed by atoms with Crippen molar-refractivity contribution in [2.24, 2.45) is 0 Å². The number of rotatable bonds is 8. The minimum atomic E-state index is -0.589. The molecule has 3 aliphatic heterocycles. The lowest BCUT2D eigenvalue weighted by atomic mass is 9.77. The third-order valence-corrected chi connectivity index (χ3v) is 8.29. The quantitative estimate of drug-likeness (QED) is 0.368. The van der Waals surface area contributed by atoms with Crippen LogP contribution in [0, 0.1) is 6.92 Å². The first kappa shape index (κ1) is 28.6. The minimum Gasteiger partial charge on any atom is -0.453 e. The Bertz CT molecular complexity index is 1580. The highest BCUT2D eigenvalue weighted by atomic mass is 16.5. The SMILES string of the molecule is C=CC(=O)NCC(=O)N1CCC12CN(Cc1cc3c(N4CCOCC4)nc(-c4cnc(NC(=O)OC)cc4C)nn3c1)C2. The van der Waals surface area contributed by atoms with Crippen LogP contribution in [-0.2, 0) is 25.6 Å². The number of nitrogens with zero attached hydrogens (tertiary/aromatic N) is 7. The fraction of sp³-hybridized carbons (Fsp3) is 0.448. The molecule has 3 amide bonds. The van der Waals surface area contributed by atoms with E-state index in [0.29, 0.717) is 37.9 Å². The summed E-state index contributed by atoms with van der Waals surface area (Å²) in [5.74, 6) is 1.33. The van der Waals surface area contributed by atoms with Crippen LogP contribution < -0.4 is 15.5 Å². The Hall–Kier alpha value is -4.56. The first-order chi connectivity index (χ1) is 20.8. The maximum Gasteiger partial charge on any atom is 0.412 e. The monoisotopic (exact) mass is 589 g/mol. The lowest BCUT2D eigenvalue weighted by Gasteiger charge is -2.62. The largest absolute Gasteiger partial charge is 0.453 e. The molecular weight excluding hydrogens is 554 g/mol. The molecule has 0 radical (unpaired) electrons. The molecule has 2 N–H and O–H groups in total. The van der Waals surface area contributed by atoms with E-state index in [1.165, 1.54) is 13.2 Å². The summed E-state index contributed by atoms with van der Waals surface area (Å²) in [5, 5.41) is 10.0. The number of aryl methyl sites for hydroxylation is 1. The molecule has 14 heteroatoms. The van der Waals surface area contributed by atoms with E-state index in [2.05, 4.69) is 42.8 Å². The van der Waals surface area contributed by atoms with Crippen molar-refractivity contribution in [3.05, 3.63) is 48.3 Å². The van der Waals surface area contributed by atoms with Crippen molar-refractivity contribution in [1.82, 2.24) is 34.7 Å². The van der Waals surface area contributed by atoms with Gasteiger partial charge in [0.2, 0.25) is 11.8 Å². The summed E-state index contributed by atoms with van der Waals surface area (Å²) in [6.45, 7) is 11.0. The minimum absolute atomic E-state index is 0.0116. The summed E-state index contributed by atoms with van der Waals surface area (Å²) in [6.07, 6.45) is 5.22. The molecule has 226 valence electrons. The molecule has 14 nitrogen and oxygen atoms in total. The molecule has 0 saturated carbocycles. The highest BCUT2D eigenvalue weighted by Gasteiger charge is 2.54. The zero-order valence-electron chi connectivity index (χ0n) is 24.3. The second-order valence-corrected chi connectivity index (χ2v) is 11.1. The van der Waals surface area contributed by atoms with E-state index < -0.39 is 6.09 Å². The van der Waals surface area contributed by atoms with Gasteiger partial charge in [-0.2, -0.15) is 0 Å². The van der Waals surface area contributed by atoms with Gasteiger partial charge in [-0.1, -0.05) is 6.58 Å². The number of fused-ring (bicyclic) bond motifs is 1. The number of hydrogen-bond acceptors (Lipinski definition) is 10. The molecule has 43 heavy (non-hydrogen) atoms. The summed E-state index contributed by atoms with van der Waals surface area (Å²) in [7, 11) is 1.30. The zero-order chi connectivity index (χ0) is 30.1. The number of methoxy groups -OCH3 is 1. The number of amides is 3. The summed E-state index contributed by atoms with van der Waals surface area (Å²) < 4.78 is 12.1. The van der Waals surface area contributed by atoms with Crippen molar-refractivity contribution in [3.8, 4) is 11.4 Å². The van der Waals surface area contributed by atoms with Gasteiger partial charge in [0.05, 0.1) is 32.4 Å². The maximum atomic E-state index is 12.7. The van der Waals surface area contributed by atoms with Gasteiger partial charge in [0.1, 0.15) is 11.3 Å². The van der Waals surface area contributed by atoms with E-state index in [4.69, 9.17) is 14.8 Å². The number of carbonyl (C=O) groups is 3. The third-order valence-electron chi connectivity index (χ3n) is 8.29. The Morgan fingerprint density at radius 2 is 1.98 bits per heavy atom. The zero-order valence-corrected chi connectivity index (χ0v) is 24.3. The predicted octanol–water partition coefficient (Wildman–Crippen LogP) is 1.20. The second kappa shape index (κ2) is 11.6. The second-order valence-electron chi connectivity index (χ2n) is 11.1. The Labute approximate surface area is 248 Å². The molecule has 3 saturated heterocycles. The van der Waals surface area contributed by atoms with Gasteiger partial charge in [-0.3, -0.25) is 19.8 Å². The Balaban J connectivity index is 1.21. The first-order valence-corrected chi connectivity index (χ1v) is 14.3. The smallest absolute Gasteiger partial charge is 0.412 e. The average Bonchev–Trinajstić information content (AvgIpc) is 3.39. The van der Waals surface area contributed by atoms with Crippen LogP contribution in [0.2, 0.25) is 0 Å². The number of pyridine rings is 1. The molecule has 0 atom stereocenters. The first-order valence-electron chi connectivity index (χ1n) is 14.3. The van der Waals surface area contributed by atoms with Crippen LogP contribution in [0.5, 0.6) is 0 Å². The van der Waals surface area contributed by atoms with E-state index in [1.54, 1.807) is 12.3 Å². The van der Waals surface area contributed by atoms with Gasteiger partial charge in [0, 0.05) is 57.2 Å². The molecule has 3 aromatic rings. The van der Waals surface area contributed by atoms with Gasteiger partial charge in [-0.15, -0.1) is 5.10 Å². The maximum absolute atomic E-state index is 12.7. The van der Waals surface area contributed by atoms with E-state index in [1.807, 2.05) is 22.5 Å². The van der Waals surface area contributed by atoms with E-state index >= 15 is 0 Å². The summed E-state index contributed by atoms with van der Waals surface area (Å²) >= 11 is 0. The highest BCUT2D eigenvalue weighted by molar-refractivity contribution is 5.91. The number of ether oxygens (including phenoxy) is 2. The molecule has 3 aliphatic rings. The van der Waals surface area contributed by atoms with Gasteiger partial charge in [-0.25, -0.2) is 19.3 Å². The lowest BCUT2D eigenvalue weighted by molar-refractivity contribution is -0.166. The van der Waals surface area contributed by atoms with Crippen LogP contribution in [0.3, 0.4) is 0 Å². The van der Waals surface area contributed by atoms with Crippen molar-refractivity contribution in [2.75, 3.05) is 69.8 Å². The molecule has 3 aromatic heterocycles. The van der Waals surface area contributed by atoms with Crippen molar-refractivity contribution in [1.29, 1.82) is 0 Å². The number of nitrogens with one attached hydrogen (secondary N) is 2. The van der Waals surface area contributed by atoms with Crippen LogP contribution in [0.25, 0.3) is 16.9 Å². The normalized spacial score (nSPS) is 17.7.